The number of carbonyl (C=O) groups excluding carboxylic acids is 1. The molecule has 2 atom stereocenters. The second-order valence-electron chi connectivity index (χ2n) is 7.57. The van der Waals surface area contributed by atoms with Crippen molar-refractivity contribution in [2.45, 2.75) is 38.2 Å². The number of nitrogens with zero attached hydrogens (tertiary/aromatic N) is 2. The van der Waals surface area contributed by atoms with Crippen molar-refractivity contribution in [1.29, 1.82) is 5.26 Å². The number of ether oxygens (including phenoxy) is 2. The monoisotopic (exact) mass is 421 g/mol. The third kappa shape index (κ3) is 5.99. The number of nitriles is 1. The number of fused-ring (bicyclic) bond motifs is 1. The van der Waals surface area contributed by atoms with Crippen LogP contribution in [0, 0.1) is 17.2 Å². The minimum atomic E-state index is -0.509. The fraction of sp³-hybridized carbons (Fsp3) is 0.619. The first-order valence-electron chi connectivity index (χ1n) is 10.2. The number of carbonyl (C=O) groups is 1. The summed E-state index contributed by atoms with van der Waals surface area (Å²) in [5.41, 5.74) is 0.359. The van der Waals surface area contributed by atoms with Gasteiger partial charge in [-0.3, -0.25) is 4.79 Å². The van der Waals surface area contributed by atoms with E-state index in [1.165, 1.54) is 0 Å². The van der Waals surface area contributed by atoms with E-state index in [0.29, 0.717) is 54.8 Å². The van der Waals surface area contributed by atoms with E-state index in [9.17, 15) is 9.90 Å². The lowest BCUT2D eigenvalue weighted by Gasteiger charge is -2.36. The first kappa shape index (κ1) is 21.7. The zero-order valence-corrected chi connectivity index (χ0v) is 17.3. The van der Waals surface area contributed by atoms with Crippen LogP contribution in [0.4, 0.5) is 0 Å². The highest BCUT2D eigenvalue weighted by atomic mass is 35.5. The maximum atomic E-state index is 12.8. The molecule has 158 valence electrons. The van der Waals surface area contributed by atoms with E-state index in [1.807, 2.05) is 0 Å². The van der Waals surface area contributed by atoms with Crippen LogP contribution in [0.1, 0.15) is 42.5 Å². The van der Waals surface area contributed by atoms with Crippen molar-refractivity contribution in [3.05, 3.63) is 22.7 Å². The van der Waals surface area contributed by atoms with Gasteiger partial charge in [-0.05, 0) is 44.8 Å². The molecule has 0 aliphatic carbocycles. The Morgan fingerprint density at radius 2 is 2.14 bits per heavy atom. The highest BCUT2D eigenvalue weighted by Crippen LogP contribution is 2.36. The Morgan fingerprint density at radius 3 is 2.90 bits per heavy atom. The summed E-state index contributed by atoms with van der Waals surface area (Å²) < 4.78 is 11.5. The molecule has 3 rings (SSSR count). The molecule has 2 N–H and O–H groups in total. The highest BCUT2D eigenvalue weighted by molar-refractivity contribution is 6.31. The summed E-state index contributed by atoms with van der Waals surface area (Å²) in [4.78, 5) is 15.0. The number of halogens is 1. The van der Waals surface area contributed by atoms with Crippen LogP contribution in [0.3, 0.4) is 0 Å². The SMILES string of the molecule is N#CCCCN1CCC(CNC(=O)c2cc(Cl)cc3c2OCCCCO3)C(O)C1. The van der Waals surface area contributed by atoms with Crippen molar-refractivity contribution < 1.29 is 19.4 Å². The van der Waals surface area contributed by atoms with E-state index in [4.69, 9.17) is 26.3 Å². The Kier molecular flexibility index (Phi) is 7.99. The molecule has 2 aliphatic heterocycles. The molecule has 7 nitrogen and oxygen atoms in total. The number of aliphatic hydroxyl groups excluding tert-OH is 1. The van der Waals surface area contributed by atoms with Gasteiger partial charge in [0, 0.05) is 36.5 Å². The van der Waals surface area contributed by atoms with Crippen LogP contribution in [0.2, 0.25) is 5.02 Å². The normalized spacial score (nSPS) is 22.2. The number of nitrogens with one attached hydrogen (secondary N) is 1. The highest BCUT2D eigenvalue weighted by Gasteiger charge is 2.28. The Bertz CT molecular complexity index is 752. The van der Waals surface area contributed by atoms with E-state index in [0.717, 1.165) is 38.8 Å². The van der Waals surface area contributed by atoms with Gasteiger partial charge >= 0.3 is 0 Å². The summed E-state index contributed by atoms with van der Waals surface area (Å²) in [5.74, 6) is 0.633. The van der Waals surface area contributed by atoms with Crippen molar-refractivity contribution in [1.82, 2.24) is 10.2 Å². The van der Waals surface area contributed by atoms with Gasteiger partial charge in [0.15, 0.2) is 11.5 Å². The molecule has 0 spiro atoms. The molecule has 1 saturated heterocycles. The number of rotatable bonds is 6. The van der Waals surface area contributed by atoms with Crippen molar-refractivity contribution in [2.24, 2.45) is 5.92 Å². The minimum absolute atomic E-state index is 0.00989. The molecule has 1 fully saturated rings. The van der Waals surface area contributed by atoms with Gasteiger partial charge in [0.25, 0.3) is 5.91 Å². The molecule has 1 amide bonds. The Hall–Kier alpha value is -2.01. The summed E-state index contributed by atoms with van der Waals surface area (Å²) in [6.45, 7) is 3.71. The van der Waals surface area contributed by atoms with Crippen LogP contribution in [0.5, 0.6) is 11.5 Å². The average molecular weight is 422 g/mol. The number of benzene rings is 1. The van der Waals surface area contributed by atoms with Crippen LogP contribution < -0.4 is 14.8 Å². The fourth-order valence-corrected chi connectivity index (χ4v) is 3.95. The largest absolute Gasteiger partial charge is 0.490 e. The van der Waals surface area contributed by atoms with Crippen molar-refractivity contribution >= 4 is 17.5 Å². The van der Waals surface area contributed by atoms with Crippen molar-refractivity contribution in [3.8, 4) is 17.6 Å². The van der Waals surface area contributed by atoms with E-state index in [-0.39, 0.29) is 11.8 Å². The number of aliphatic hydroxyl groups is 1. The van der Waals surface area contributed by atoms with Gasteiger partial charge in [0.05, 0.1) is 31.0 Å². The van der Waals surface area contributed by atoms with Gasteiger partial charge in [0.1, 0.15) is 0 Å². The standard InChI is InChI=1S/C21H28ClN3O4/c22-16-11-17(20-19(12-16)28-9-3-4-10-29-20)21(27)24-13-15-5-8-25(14-18(15)26)7-2-1-6-23/h11-12,15,18,26H,1-5,7-10,13-14H2,(H,24,27). The molecule has 0 radical (unpaired) electrons. The van der Waals surface area contributed by atoms with Gasteiger partial charge in [0.2, 0.25) is 0 Å². The first-order valence-corrected chi connectivity index (χ1v) is 10.6. The lowest BCUT2D eigenvalue weighted by Crippen LogP contribution is -2.47. The summed E-state index contributed by atoms with van der Waals surface area (Å²) in [6, 6.07) is 5.41. The Balaban J connectivity index is 1.58. The predicted octanol–water partition coefficient (Wildman–Crippen LogP) is 2.61. The molecule has 2 aliphatic rings. The fourth-order valence-electron chi connectivity index (χ4n) is 3.74. The number of unbranched alkanes of at least 4 members (excludes halogenated alkanes) is 1. The van der Waals surface area contributed by atoms with E-state index >= 15 is 0 Å². The van der Waals surface area contributed by atoms with Crippen molar-refractivity contribution in [2.75, 3.05) is 39.4 Å². The second-order valence-corrected chi connectivity index (χ2v) is 8.01. The summed E-state index contributed by atoms with van der Waals surface area (Å²) in [5, 5.41) is 22.4. The van der Waals surface area contributed by atoms with Gasteiger partial charge in [-0.1, -0.05) is 11.6 Å². The first-order chi connectivity index (χ1) is 14.1. The number of likely N-dealkylation sites (tertiary alicyclic amines) is 1. The van der Waals surface area contributed by atoms with Gasteiger partial charge < -0.3 is 24.8 Å². The van der Waals surface area contributed by atoms with E-state index in [1.54, 1.807) is 12.1 Å². The number of piperidine rings is 1. The zero-order chi connectivity index (χ0) is 20.6. The van der Waals surface area contributed by atoms with Crippen LogP contribution in [0.25, 0.3) is 0 Å². The molecule has 2 unspecified atom stereocenters. The number of hydrogen-bond donors (Lipinski definition) is 2. The lowest BCUT2D eigenvalue weighted by molar-refractivity contribution is 0.0219. The molecule has 8 heteroatoms. The molecule has 2 heterocycles. The maximum absolute atomic E-state index is 12.8. The molecule has 0 bridgehead atoms. The maximum Gasteiger partial charge on any atom is 0.255 e. The van der Waals surface area contributed by atoms with E-state index < -0.39 is 6.10 Å². The molecule has 1 aromatic rings. The van der Waals surface area contributed by atoms with Crippen molar-refractivity contribution in [3.63, 3.8) is 0 Å². The third-order valence-corrected chi connectivity index (χ3v) is 5.62. The van der Waals surface area contributed by atoms with E-state index in [2.05, 4.69) is 16.3 Å². The quantitative estimate of drug-likeness (QED) is 0.685. The molecule has 29 heavy (non-hydrogen) atoms. The molecular weight excluding hydrogens is 394 g/mol. The summed E-state index contributed by atoms with van der Waals surface area (Å²) >= 11 is 6.18. The number of β-amino-alcohol motifs (C(OH)–C–C–N with tert-alkyl or cyclic N) is 1. The topological polar surface area (TPSA) is 94.8 Å². The van der Waals surface area contributed by atoms with Crippen LogP contribution in [0.15, 0.2) is 12.1 Å². The number of amides is 1. The Labute approximate surface area is 176 Å². The molecule has 1 aromatic carbocycles. The molecular formula is C21H28ClN3O4. The smallest absolute Gasteiger partial charge is 0.255 e. The van der Waals surface area contributed by atoms with Crippen LogP contribution in [-0.4, -0.2) is 61.4 Å². The summed E-state index contributed by atoms with van der Waals surface area (Å²) in [6.07, 6.45) is 3.38. The summed E-state index contributed by atoms with van der Waals surface area (Å²) in [7, 11) is 0. The Morgan fingerprint density at radius 1 is 1.34 bits per heavy atom. The second kappa shape index (κ2) is 10.7. The molecule has 0 saturated carbocycles. The predicted molar refractivity (Wildman–Crippen MR) is 109 cm³/mol. The van der Waals surface area contributed by atoms with Gasteiger partial charge in [-0.2, -0.15) is 5.26 Å². The third-order valence-electron chi connectivity index (χ3n) is 5.40. The zero-order valence-electron chi connectivity index (χ0n) is 16.5. The average Bonchev–Trinajstić information content (AvgIpc) is 2.68. The van der Waals surface area contributed by atoms with Crippen LogP contribution >= 0.6 is 11.6 Å². The molecule has 0 aromatic heterocycles. The van der Waals surface area contributed by atoms with Crippen LogP contribution in [-0.2, 0) is 0 Å². The van der Waals surface area contributed by atoms with Gasteiger partial charge in [-0.15, -0.1) is 0 Å². The van der Waals surface area contributed by atoms with Gasteiger partial charge in [-0.25, -0.2) is 0 Å². The number of hydrogen-bond acceptors (Lipinski definition) is 6. The lowest BCUT2D eigenvalue weighted by atomic mass is 9.93. The minimum Gasteiger partial charge on any atom is -0.490 e.